The zero-order valence-electron chi connectivity index (χ0n) is 11.8. The Bertz CT molecular complexity index is 666. The Morgan fingerprint density at radius 1 is 1.24 bits per heavy atom. The summed E-state index contributed by atoms with van der Waals surface area (Å²) in [5.74, 6) is 0.889. The number of anilines is 1. The van der Waals surface area contributed by atoms with Crippen molar-refractivity contribution in [2.45, 2.75) is 44.6 Å². The molecule has 1 aliphatic carbocycles. The van der Waals surface area contributed by atoms with Gasteiger partial charge in [0.1, 0.15) is 10.6 Å². The number of thiophene rings is 1. The molecule has 0 bridgehead atoms. The summed E-state index contributed by atoms with van der Waals surface area (Å²) >= 11 is 7.88. The molecule has 1 N–H and O–H groups in total. The van der Waals surface area contributed by atoms with Gasteiger partial charge in [0.05, 0.1) is 11.5 Å². The summed E-state index contributed by atoms with van der Waals surface area (Å²) in [6.45, 7) is 1.67. The van der Waals surface area contributed by atoms with Gasteiger partial charge in [-0.2, -0.15) is 0 Å². The van der Waals surface area contributed by atoms with Crippen molar-refractivity contribution in [3.8, 4) is 0 Å². The third-order valence-electron chi connectivity index (χ3n) is 4.31. The standard InChI is InChI=1S/C15H18ClN3OS/c16-15-18-13(17-8-9-4-3-7-20-9)12-10-5-1-2-6-11(10)21-14(12)19-15/h9H,1-8H2,(H,17,18,19). The van der Waals surface area contributed by atoms with Crippen LogP contribution in [0.15, 0.2) is 0 Å². The number of aryl methyl sites for hydroxylation is 2. The Balaban J connectivity index is 1.70. The van der Waals surface area contributed by atoms with E-state index < -0.39 is 0 Å². The Morgan fingerprint density at radius 2 is 2.14 bits per heavy atom. The van der Waals surface area contributed by atoms with Gasteiger partial charge in [-0.05, 0) is 55.7 Å². The number of nitrogens with zero attached hydrogens (tertiary/aromatic N) is 2. The van der Waals surface area contributed by atoms with Crippen molar-refractivity contribution in [1.82, 2.24) is 9.97 Å². The molecule has 1 saturated heterocycles. The predicted molar refractivity (Wildman–Crippen MR) is 86.5 cm³/mol. The molecule has 1 fully saturated rings. The minimum Gasteiger partial charge on any atom is -0.376 e. The van der Waals surface area contributed by atoms with Gasteiger partial charge in [-0.3, -0.25) is 0 Å². The number of fused-ring (bicyclic) bond motifs is 3. The van der Waals surface area contributed by atoms with Crippen molar-refractivity contribution in [1.29, 1.82) is 0 Å². The Hall–Kier alpha value is -0.910. The molecule has 1 atom stereocenters. The minimum absolute atomic E-state index is 0.295. The van der Waals surface area contributed by atoms with Crippen LogP contribution in [0.4, 0.5) is 5.82 Å². The fourth-order valence-electron chi connectivity index (χ4n) is 3.28. The van der Waals surface area contributed by atoms with Crippen molar-refractivity contribution < 1.29 is 4.74 Å². The van der Waals surface area contributed by atoms with Gasteiger partial charge < -0.3 is 10.1 Å². The van der Waals surface area contributed by atoms with Gasteiger partial charge in [-0.25, -0.2) is 9.97 Å². The third kappa shape index (κ3) is 2.62. The van der Waals surface area contributed by atoms with Gasteiger partial charge in [0.15, 0.2) is 0 Å². The highest BCUT2D eigenvalue weighted by atomic mass is 35.5. The van der Waals surface area contributed by atoms with Crippen molar-refractivity contribution in [2.75, 3.05) is 18.5 Å². The highest BCUT2D eigenvalue weighted by Gasteiger charge is 2.22. The largest absolute Gasteiger partial charge is 0.376 e. The van der Waals surface area contributed by atoms with Gasteiger partial charge in [0.2, 0.25) is 5.28 Å². The zero-order chi connectivity index (χ0) is 14.2. The number of aromatic nitrogens is 2. The summed E-state index contributed by atoms with van der Waals surface area (Å²) in [6, 6.07) is 0. The molecule has 4 rings (SSSR count). The Morgan fingerprint density at radius 3 is 3.00 bits per heavy atom. The van der Waals surface area contributed by atoms with Crippen LogP contribution < -0.4 is 5.32 Å². The van der Waals surface area contributed by atoms with Gasteiger partial charge in [-0.1, -0.05) is 0 Å². The van der Waals surface area contributed by atoms with Crippen LogP contribution in [0.25, 0.3) is 10.2 Å². The molecule has 0 aromatic carbocycles. The second kappa shape index (κ2) is 5.71. The lowest BCUT2D eigenvalue weighted by Crippen LogP contribution is -2.19. The lowest BCUT2D eigenvalue weighted by Gasteiger charge is -2.14. The van der Waals surface area contributed by atoms with E-state index in [2.05, 4.69) is 15.3 Å². The van der Waals surface area contributed by atoms with Crippen LogP contribution in [0.5, 0.6) is 0 Å². The molecule has 21 heavy (non-hydrogen) atoms. The van der Waals surface area contributed by atoms with E-state index in [0.29, 0.717) is 11.4 Å². The van der Waals surface area contributed by atoms with Crippen molar-refractivity contribution >= 4 is 39.0 Å². The van der Waals surface area contributed by atoms with Crippen molar-refractivity contribution in [2.24, 2.45) is 0 Å². The van der Waals surface area contributed by atoms with Gasteiger partial charge in [0.25, 0.3) is 0 Å². The second-order valence-electron chi connectivity index (χ2n) is 5.75. The predicted octanol–water partition coefficient (Wildman–Crippen LogP) is 3.81. The Kier molecular flexibility index (Phi) is 3.73. The molecule has 4 nitrogen and oxygen atoms in total. The summed E-state index contributed by atoms with van der Waals surface area (Å²) in [7, 11) is 0. The summed E-state index contributed by atoms with van der Waals surface area (Å²) < 4.78 is 5.67. The molecule has 3 heterocycles. The van der Waals surface area contributed by atoms with E-state index in [4.69, 9.17) is 16.3 Å². The molecule has 1 aliphatic heterocycles. The second-order valence-corrected chi connectivity index (χ2v) is 7.17. The van der Waals surface area contributed by atoms with E-state index in [-0.39, 0.29) is 0 Å². The molecule has 0 saturated carbocycles. The average Bonchev–Trinajstić information content (AvgIpc) is 3.11. The number of hydrogen-bond acceptors (Lipinski definition) is 5. The van der Waals surface area contributed by atoms with E-state index in [1.165, 1.54) is 35.1 Å². The lowest BCUT2D eigenvalue weighted by molar-refractivity contribution is 0.120. The number of halogens is 1. The monoisotopic (exact) mass is 323 g/mol. The number of hydrogen-bond donors (Lipinski definition) is 1. The average molecular weight is 324 g/mol. The SMILES string of the molecule is Clc1nc(NCC2CCCO2)c2c3c(sc2n1)CCCC3. The van der Waals surface area contributed by atoms with Crippen molar-refractivity contribution in [3.63, 3.8) is 0 Å². The van der Waals surface area contributed by atoms with E-state index in [0.717, 1.165) is 43.1 Å². The molecular weight excluding hydrogens is 306 g/mol. The topological polar surface area (TPSA) is 47.0 Å². The van der Waals surface area contributed by atoms with Crippen LogP contribution in [-0.2, 0) is 17.6 Å². The van der Waals surface area contributed by atoms with E-state index in [9.17, 15) is 0 Å². The highest BCUT2D eigenvalue weighted by Crippen LogP contribution is 2.39. The number of rotatable bonds is 3. The summed E-state index contributed by atoms with van der Waals surface area (Å²) in [5, 5.41) is 4.97. The third-order valence-corrected chi connectivity index (χ3v) is 5.66. The smallest absolute Gasteiger partial charge is 0.225 e. The quantitative estimate of drug-likeness (QED) is 0.872. The maximum atomic E-state index is 6.10. The Labute approximate surface area is 132 Å². The molecule has 0 spiro atoms. The molecule has 112 valence electrons. The molecule has 2 aromatic rings. The molecular formula is C15H18ClN3OS. The van der Waals surface area contributed by atoms with Crippen LogP contribution in [0.1, 0.15) is 36.1 Å². The van der Waals surface area contributed by atoms with Crippen LogP contribution in [0.2, 0.25) is 5.28 Å². The first kappa shape index (κ1) is 13.7. The van der Waals surface area contributed by atoms with E-state index in [1.807, 2.05) is 0 Å². The zero-order valence-corrected chi connectivity index (χ0v) is 13.4. The molecule has 6 heteroatoms. The number of ether oxygens (including phenoxy) is 1. The van der Waals surface area contributed by atoms with Crippen LogP contribution in [0, 0.1) is 0 Å². The van der Waals surface area contributed by atoms with Crippen LogP contribution >= 0.6 is 22.9 Å². The molecule has 1 unspecified atom stereocenters. The van der Waals surface area contributed by atoms with E-state index >= 15 is 0 Å². The summed E-state index contributed by atoms with van der Waals surface area (Å²) in [6.07, 6.45) is 7.40. The fraction of sp³-hybridized carbons (Fsp3) is 0.600. The highest BCUT2D eigenvalue weighted by molar-refractivity contribution is 7.19. The first-order chi connectivity index (χ1) is 10.3. The summed E-state index contributed by atoms with van der Waals surface area (Å²) in [4.78, 5) is 11.4. The van der Waals surface area contributed by atoms with Gasteiger partial charge in [0, 0.05) is 18.0 Å². The normalized spacial score (nSPS) is 21.7. The maximum Gasteiger partial charge on any atom is 0.225 e. The molecule has 2 aliphatic rings. The minimum atomic E-state index is 0.295. The van der Waals surface area contributed by atoms with Crippen LogP contribution in [0.3, 0.4) is 0 Å². The maximum absolute atomic E-state index is 6.10. The first-order valence-corrected chi connectivity index (χ1v) is 8.84. The van der Waals surface area contributed by atoms with Crippen molar-refractivity contribution in [3.05, 3.63) is 15.7 Å². The van der Waals surface area contributed by atoms with Gasteiger partial charge in [-0.15, -0.1) is 11.3 Å². The lowest BCUT2D eigenvalue weighted by atomic mass is 9.97. The molecule has 0 amide bonds. The van der Waals surface area contributed by atoms with Crippen LogP contribution in [-0.4, -0.2) is 29.2 Å². The molecule has 2 aromatic heterocycles. The number of nitrogens with one attached hydrogen (secondary N) is 1. The summed E-state index contributed by atoms with van der Waals surface area (Å²) in [5.41, 5.74) is 1.44. The molecule has 0 radical (unpaired) electrons. The van der Waals surface area contributed by atoms with Gasteiger partial charge >= 0.3 is 0 Å². The fourth-order valence-corrected chi connectivity index (χ4v) is 4.76. The first-order valence-electron chi connectivity index (χ1n) is 7.64. The van der Waals surface area contributed by atoms with E-state index in [1.54, 1.807) is 11.3 Å².